The molecule has 1 N–H and O–H groups in total. The van der Waals surface area contributed by atoms with Crippen LogP contribution in [0, 0.1) is 17.8 Å². The van der Waals surface area contributed by atoms with Gasteiger partial charge in [-0.25, -0.2) is 0 Å². The molecule has 4 atom stereocenters. The Kier molecular flexibility index (Phi) is 7.25. The molecule has 0 bridgehead atoms. The molecule has 108 valence electrons. The predicted octanol–water partition coefficient (Wildman–Crippen LogP) is 3.85. The molecule has 2 heteroatoms. The maximum absolute atomic E-state index is 5.81. The van der Waals surface area contributed by atoms with Crippen molar-refractivity contribution in [3.8, 4) is 0 Å². The number of hydrogen-bond acceptors (Lipinski definition) is 2. The molecule has 0 aromatic carbocycles. The van der Waals surface area contributed by atoms with Gasteiger partial charge < -0.3 is 10.1 Å². The molecule has 0 aromatic rings. The van der Waals surface area contributed by atoms with Crippen LogP contribution in [-0.2, 0) is 4.74 Å². The first-order valence-corrected chi connectivity index (χ1v) is 7.91. The number of rotatable bonds is 7. The van der Waals surface area contributed by atoms with Gasteiger partial charge in [-0.15, -0.1) is 0 Å². The fraction of sp³-hybridized carbons (Fsp3) is 1.00. The summed E-state index contributed by atoms with van der Waals surface area (Å²) >= 11 is 0. The van der Waals surface area contributed by atoms with Crippen LogP contribution in [0.2, 0.25) is 0 Å². The minimum Gasteiger partial charge on any atom is -0.380 e. The van der Waals surface area contributed by atoms with Crippen LogP contribution in [0.3, 0.4) is 0 Å². The van der Waals surface area contributed by atoms with Crippen molar-refractivity contribution in [1.82, 2.24) is 5.32 Å². The Labute approximate surface area is 114 Å². The van der Waals surface area contributed by atoms with Crippen molar-refractivity contribution in [2.24, 2.45) is 17.8 Å². The number of nitrogens with one attached hydrogen (secondary N) is 1. The minimum atomic E-state index is 0.349. The SMILES string of the molecule is CCNC(C1CCCCC1CC)C(OC)C(C)C. The van der Waals surface area contributed by atoms with Gasteiger partial charge in [0.15, 0.2) is 0 Å². The van der Waals surface area contributed by atoms with E-state index in [1.807, 2.05) is 7.11 Å². The summed E-state index contributed by atoms with van der Waals surface area (Å²) < 4.78 is 5.81. The Morgan fingerprint density at radius 2 is 1.83 bits per heavy atom. The van der Waals surface area contributed by atoms with E-state index in [1.54, 1.807) is 0 Å². The van der Waals surface area contributed by atoms with Crippen LogP contribution in [0.4, 0.5) is 0 Å². The molecule has 1 fully saturated rings. The lowest BCUT2D eigenvalue weighted by Gasteiger charge is -2.41. The van der Waals surface area contributed by atoms with Gasteiger partial charge in [-0.05, 0) is 30.7 Å². The van der Waals surface area contributed by atoms with Gasteiger partial charge in [-0.3, -0.25) is 0 Å². The lowest BCUT2D eigenvalue weighted by molar-refractivity contribution is -0.00394. The lowest BCUT2D eigenvalue weighted by Crippen LogP contribution is -2.51. The van der Waals surface area contributed by atoms with Crippen molar-refractivity contribution in [3.05, 3.63) is 0 Å². The van der Waals surface area contributed by atoms with Gasteiger partial charge in [0.05, 0.1) is 6.10 Å². The number of likely N-dealkylation sites (N-methyl/N-ethyl adjacent to an activating group) is 1. The first kappa shape index (κ1) is 16.0. The summed E-state index contributed by atoms with van der Waals surface area (Å²) in [7, 11) is 1.87. The molecule has 0 spiro atoms. The van der Waals surface area contributed by atoms with E-state index in [2.05, 4.69) is 33.0 Å². The van der Waals surface area contributed by atoms with Gasteiger partial charge in [-0.2, -0.15) is 0 Å². The third kappa shape index (κ3) is 3.96. The molecule has 18 heavy (non-hydrogen) atoms. The smallest absolute Gasteiger partial charge is 0.0749 e. The van der Waals surface area contributed by atoms with E-state index in [1.165, 1.54) is 32.1 Å². The quantitative estimate of drug-likeness (QED) is 0.746. The van der Waals surface area contributed by atoms with E-state index in [-0.39, 0.29) is 0 Å². The Morgan fingerprint density at radius 3 is 2.33 bits per heavy atom. The minimum absolute atomic E-state index is 0.349. The van der Waals surface area contributed by atoms with Crippen LogP contribution in [0.1, 0.15) is 59.8 Å². The second-order valence-corrected chi connectivity index (χ2v) is 6.14. The molecule has 1 aliphatic rings. The molecule has 2 nitrogen and oxygen atoms in total. The van der Waals surface area contributed by atoms with E-state index < -0.39 is 0 Å². The molecule has 1 saturated carbocycles. The Balaban J connectivity index is 2.80. The summed E-state index contributed by atoms with van der Waals surface area (Å²) in [5.41, 5.74) is 0. The highest BCUT2D eigenvalue weighted by Crippen LogP contribution is 2.36. The number of hydrogen-bond donors (Lipinski definition) is 1. The standard InChI is InChI=1S/C16H33NO/c1-6-13-10-8-9-11-14(13)15(17-7-2)16(18-5)12(3)4/h12-17H,6-11H2,1-5H3. The molecule has 0 radical (unpaired) electrons. The van der Waals surface area contributed by atoms with E-state index in [0.717, 1.165) is 18.4 Å². The van der Waals surface area contributed by atoms with Gasteiger partial charge in [0.1, 0.15) is 0 Å². The zero-order chi connectivity index (χ0) is 13.5. The van der Waals surface area contributed by atoms with E-state index in [9.17, 15) is 0 Å². The molecule has 0 saturated heterocycles. The van der Waals surface area contributed by atoms with Gasteiger partial charge in [-0.1, -0.05) is 53.4 Å². The van der Waals surface area contributed by atoms with Crippen LogP contribution in [0.15, 0.2) is 0 Å². The molecular weight excluding hydrogens is 222 g/mol. The molecule has 0 amide bonds. The summed E-state index contributed by atoms with van der Waals surface area (Å²) in [6.45, 7) is 10.2. The van der Waals surface area contributed by atoms with Gasteiger partial charge in [0.2, 0.25) is 0 Å². The summed E-state index contributed by atoms with van der Waals surface area (Å²) in [5, 5.41) is 3.72. The van der Waals surface area contributed by atoms with Crippen LogP contribution in [0.25, 0.3) is 0 Å². The Bertz CT molecular complexity index is 217. The van der Waals surface area contributed by atoms with Crippen molar-refractivity contribution in [1.29, 1.82) is 0 Å². The van der Waals surface area contributed by atoms with Crippen LogP contribution in [0.5, 0.6) is 0 Å². The lowest BCUT2D eigenvalue weighted by atomic mass is 9.71. The first-order valence-electron chi connectivity index (χ1n) is 7.91. The predicted molar refractivity (Wildman–Crippen MR) is 78.8 cm³/mol. The van der Waals surface area contributed by atoms with Crippen LogP contribution < -0.4 is 5.32 Å². The van der Waals surface area contributed by atoms with E-state index in [4.69, 9.17) is 4.74 Å². The molecule has 0 aliphatic heterocycles. The average Bonchev–Trinajstić information content (AvgIpc) is 2.38. The summed E-state index contributed by atoms with van der Waals surface area (Å²) in [4.78, 5) is 0. The second-order valence-electron chi connectivity index (χ2n) is 6.14. The first-order chi connectivity index (χ1) is 8.65. The van der Waals surface area contributed by atoms with Gasteiger partial charge in [0.25, 0.3) is 0 Å². The fourth-order valence-electron chi connectivity index (χ4n) is 3.80. The number of methoxy groups -OCH3 is 1. The molecule has 4 unspecified atom stereocenters. The zero-order valence-electron chi connectivity index (χ0n) is 13.0. The molecular formula is C16H33NO. The van der Waals surface area contributed by atoms with Gasteiger partial charge >= 0.3 is 0 Å². The molecule has 1 rings (SSSR count). The summed E-state index contributed by atoms with van der Waals surface area (Å²) in [6, 6.07) is 0.533. The summed E-state index contributed by atoms with van der Waals surface area (Å²) in [6.07, 6.45) is 7.29. The highest BCUT2D eigenvalue weighted by molar-refractivity contribution is 4.90. The van der Waals surface area contributed by atoms with Crippen LogP contribution in [-0.4, -0.2) is 25.8 Å². The maximum Gasteiger partial charge on any atom is 0.0749 e. The zero-order valence-corrected chi connectivity index (χ0v) is 13.0. The highest BCUT2D eigenvalue weighted by Gasteiger charge is 2.36. The van der Waals surface area contributed by atoms with Crippen molar-refractivity contribution in [2.75, 3.05) is 13.7 Å². The largest absolute Gasteiger partial charge is 0.380 e. The average molecular weight is 255 g/mol. The fourth-order valence-corrected chi connectivity index (χ4v) is 3.80. The molecule has 0 aromatic heterocycles. The van der Waals surface area contributed by atoms with Crippen LogP contribution >= 0.6 is 0 Å². The van der Waals surface area contributed by atoms with Crippen molar-refractivity contribution >= 4 is 0 Å². The maximum atomic E-state index is 5.81. The van der Waals surface area contributed by atoms with Gasteiger partial charge in [0, 0.05) is 13.2 Å². The highest BCUT2D eigenvalue weighted by atomic mass is 16.5. The number of ether oxygens (including phenoxy) is 1. The van der Waals surface area contributed by atoms with Crippen molar-refractivity contribution in [3.63, 3.8) is 0 Å². The topological polar surface area (TPSA) is 21.3 Å². The molecule has 0 heterocycles. The van der Waals surface area contributed by atoms with Crippen molar-refractivity contribution < 1.29 is 4.74 Å². The molecule has 1 aliphatic carbocycles. The summed E-state index contributed by atoms with van der Waals surface area (Å²) in [5.74, 6) is 2.27. The normalized spacial score (nSPS) is 28.3. The second kappa shape index (κ2) is 8.16. The third-order valence-corrected chi connectivity index (χ3v) is 4.68. The Morgan fingerprint density at radius 1 is 1.17 bits per heavy atom. The van der Waals surface area contributed by atoms with E-state index in [0.29, 0.717) is 18.1 Å². The monoisotopic (exact) mass is 255 g/mol. The van der Waals surface area contributed by atoms with E-state index >= 15 is 0 Å². The Hall–Kier alpha value is -0.0800. The van der Waals surface area contributed by atoms with Crippen molar-refractivity contribution in [2.45, 2.75) is 71.9 Å². The third-order valence-electron chi connectivity index (χ3n) is 4.68.